The highest BCUT2D eigenvalue weighted by atomic mass is 16.6. The number of imide groups is 1. The Balaban J connectivity index is 1.45. The van der Waals surface area contributed by atoms with E-state index in [1.165, 1.54) is 12.1 Å². The molecule has 0 N–H and O–H groups in total. The molecule has 1 aliphatic heterocycles. The van der Waals surface area contributed by atoms with Crippen LogP contribution in [-0.2, 0) is 39.6 Å². The normalized spacial score (nSPS) is 13.6. The second-order valence-electron chi connectivity index (χ2n) is 9.75. The number of nitro groups is 1. The van der Waals surface area contributed by atoms with Crippen molar-refractivity contribution < 1.29 is 24.0 Å². The lowest BCUT2D eigenvalue weighted by Crippen LogP contribution is -2.35. The first-order valence-electron chi connectivity index (χ1n) is 12.7. The quantitative estimate of drug-likeness (QED) is 0.130. The van der Waals surface area contributed by atoms with E-state index in [-0.39, 0.29) is 23.3 Å². The number of amides is 2. The number of aryl methyl sites for hydroxylation is 2. The minimum absolute atomic E-state index is 0.0443. The van der Waals surface area contributed by atoms with Crippen LogP contribution in [0.2, 0.25) is 0 Å². The predicted octanol–water partition coefficient (Wildman–Crippen LogP) is 4.00. The Bertz CT molecular complexity index is 1940. The Morgan fingerprint density at radius 3 is 2.15 bits per heavy atom. The van der Waals surface area contributed by atoms with Crippen LogP contribution in [0.1, 0.15) is 16.7 Å². The molecule has 0 fully saturated rings. The topological polar surface area (TPSA) is 130 Å². The minimum Gasteiger partial charge on any atom is -0.443 e. The molecule has 1 aliphatic rings. The molecule has 4 heterocycles. The summed E-state index contributed by atoms with van der Waals surface area (Å²) in [7, 11) is 3.57. The summed E-state index contributed by atoms with van der Waals surface area (Å²) in [6.45, 7) is -0.560. The van der Waals surface area contributed by atoms with E-state index in [1.54, 1.807) is 54.6 Å². The van der Waals surface area contributed by atoms with Gasteiger partial charge in [-0.25, -0.2) is 4.90 Å². The molecule has 5 aromatic rings. The van der Waals surface area contributed by atoms with Gasteiger partial charge in [0.15, 0.2) is 6.73 Å². The minimum atomic E-state index is -0.625. The first-order chi connectivity index (χ1) is 19.7. The number of ether oxygens (including phenoxy) is 1. The third-order valence-electron chi connectivity index (χ3n) is 7.24. The van der Waals surface area contributed by atoms with Crippen LogP contribution in [0.5, 0.6) is 0 Å². The van der Waals surface area contributed by atoms with E-state index in [0.29, 0.717) is 27.6 Å². The number of esters is 1. The fourth-order valence-electron chi connectivity index (χ4n) is 5.27. The van der Waals surface area contributed by atoms with Crippen molar-refractivity contribution in [2.75, 3.05) is 6.73 Å². The zero-order valence-electron chi connectivity index (χ0n) is 22.1. The maximum Gasteiger partial charge on any atom is 0.311 e. The first-order valence-corrected chi connectivity index (χ1v) is 12.7. The van der Waals surface area contributed by atoms with Crippen LogP contribution >= 0.6 is 0 Å². The third-order valence-corrected chi connectivity index (χ3v) is 7.24. The van der Waals surface area contributed by atoms with E-state index in [4.69, 9.17) is 4.74 Å². The van der Waals surface area contributed by atoms with Crippen molar-refractivity contribution in [3.05, 3.63) is 106 Å². The molecule has 11 nitrogen and oxygen atoms in total. The molecule has 11 heteroatoms. The standard InChI is InChI=1S/C30H23N5O6/c1-32-15-22(20-5-3-4-6-24(20)32)27-28(23-16-33(2)25-14-19(35(39)40)7-8-21(23)25)30(38)34(29(27)37)17-41-26(36)13-18-9-11-31-12-10-18/h3-12,14-16H,13,17H2,1-2H3. The largest absolute Gasteiger partial charge is 0.443 e. The molecular weight excluding hydrogens is 526 g/mol. The zero-order chi connectivity index (χ0) is 28.8. The number of rotatable bonds is 7. The number of para-hydroxylation sites is 1. The van der Waals surface area contributed by atoms with Crippen LogP contribution in [0.15, 0.2) is 79.4 Å². The van der Waals surface area contributed by atoms with Gasteiger partial charge in [-0.1, -0.05) is 18.2 Å². The molecule has 0 bridgehead atoms. The number of non-ortho nitro benzene ring substituents is 1. The van der Waals surface area contributed by atoms with E-state index in [1.807, 2.05) is 35.9 Å². The average Bonchev–Trinajstić information content (AvgIpc) is 3.56. The highest BCUT2D eigenvalue weighted by Gasteiger charge is 2.42. The van der Waals surface area contributed by atoms with Crippen LogP contribution in [0.25, 0.3) is 33.0 Å². The molecule has 0 aliphatic carbocycles. The maximum atomic E-state index is 14.0. The average molecular weight is 550 g/mol. The maximum absolute atomic E-state index is 14.0. The van der Waals surface area contributed by atoms with Gasteiger partial charge < -0.3 is 13.9 Å². The summed E-state index contributed by atoms with van der Waals surface area (Å²) in [5.74, 6) is -1.83. The van der Waals surface area contributed by atoms with E-state index in [9.17, 15) is 24.5 Å². The molecule has 0 saturated carbocycles. The molecule has 0 atom stereocenters. The number of carbonyl (C=O) groups excluding carboxylic acids is 3. The molecular formula is C30H23N5O6. The number of hydrogen-bond acceptors (Lipinski definition) is 7. The SMILES string of the molecule is Cn1cc(C2=C(c3cn(C)c4cc([N+](=O)[O-])ccc34)C(=O)N(COC(=O)Cc3ccncc3)C2=O)c2ccccc21. The van der Waals surface area contributed by atoms with Crippen LogP contribution in [0.4, 0.5) is 5.69 Å². The summed E-state index contributed by atoms with van der Waals surface area (Å²) in [6.07, 6.45) is 6.54. The molecule has 41 heavy (non-hydrogen) atoms. The molecule has 2 aromatic carbocycles. The first kappa shape index (κ1) is 25.7. The van der Waals surface area contributed by atoms with E-state index < -0.39 is 29.4 Å². The molecule has 0 unspecified atom stereocenters. The van der Waals surface area contributed by atoms with Crippen molar-refractivity contribution in [1.82, 2.24) is 19.0 Å². The van der Waals surface area contributed by atoms with Gasteiger partial charge in [-0.15, -0.1) is 0 Å². The number of nitro benzene ring substituents is 1. The van der Waals surface area contributed by atoms with Crippen molar-refractivity contribution in [2.24, 2.45) is 14.1 Å². The molecule has 0 saturated heterocycles. The van der Waals surface area contributed by atoms with Gasteiger partial charge in [0.1, 0.15) is 0 Å². The lowest BCUT2D eigenvalue weighted by molar-refractivity contribution is -0.384. The summed E-state index contributed by atoms with van der Waals surface area (Å²) < 4.78 is 8.93. The van der Waals surface area contributed by atoms with Gasteiger partial charge in [-0.3, -0.25) is 29.5 Å². The number of aromatic nitrogens is 3. The number of pyridine rings is 1. The van der Waals surface area contributed by atoms with Crippen molar-refractivity contribution in [2.45, 2.75) is 6.42 Å². The van der Waals surface area contributed by atoms with E-state index >= 15 is 0 Å². The van der Waals surface area contributed by atoms with Crippen LogP contribution in [0, 0.1) is 10.1 Å². The second-order valence-corrected chi connectivity index (χ2v) is 9.75. The molecule has 204 valence electrons. The van der Waals surface area contributed by atoms with Gasteiger partial charge in [0.05, 0.1) is 28.0 Å². The lowest BCUT2D eigenvalue weighted by atomic mass is 9.95. The Kier molecular flexibility index (Phi) is 6.18. The van der Waals surface area contributed by atoms with Crippen LogP contribution in [0.3, 0.4) is 0 Å². The number of fused-ring (bicyclic) bond motifs is 2. The van der Waals surface area contributed by atoms with Gasteiger partial charge in [0.25, 0.3) is 17.5 Å². The summed E-state index contributed by atoms with van der Waals surface area (Å²) in [6, 6.07) is 15.2. The fourth-order valence-corrected chi connectivity index (χ4v) is 5.27. The summed E-state index contributed by atoms with van der Waals surface area (Å²) >= 11 is 0. The Morgan fingerprint density at radius 1 is 0.878 bits per heavy atom. The van der Waals surface area contributed by atoms with Gasteiger partial charge >= 0.3 is 5.97 Å². The third kappa shape index (κ3) is 4.33. The number of carbonyl (C=O) groups is 3. The van der Waals surface area contributed by atoms with Crippen molar-refractivity contribution in [3.8, 4) is 0 Å². The Labute approximate surface area is 233 Å². The van der Waals surface area contributed by atoms with Crippen molar-refractivity contribution >= 4 is 56.4 Å². The highest BCUT2D eigenvalue weighted by Crippen LogP contribution is 2.42. The lowest BCUT2D eigenvalue weighted by Gasteiger charge is -2.15. The molecule has 3 aromatic heterocycles. The summed E-state index contributed by atoms with van der Waals surface area (Å²) in [4.78, 5) is 56.2. The van der Waals surface area contributed by atoms with Gasteiger partial charge in [0, 0.05) is 78.4 Å². The number of nitrogens with zero attached hydrogens (tertiary/aromatic N) is 5. The zero-order valence-corrected chi connectivity index (χ0v) is 22.1. The molecule has 6 rings (SSSR count). The van der Waals surface area contributed by atoms with Crippen molar-refractivity contribution in [3.63, 3.8) is 0 Å². The van der Waals surface area contributed by atoms with E-state index in [2.05, 4.69) is 4.98 Å². The summed E-state index contributed by atoms with van der Waals surface area (Å²) in [5.41, 5.74) is 3.30. The van der Waals surface area contributed by atoms with Gasteiger partial charge in [0.2, 0.25) is 0 Å². The molecule has 0 spiro atoms. The van der Waals surface area contributed by atoms with Gasteiger partial charge in [-0.05, 0) is 29.8 Å². The molecule has 2 amide bonds. The Hall–Kier alpha value is -5.58. The number of benzene rings is 2. The number of hydrogen-bond donors (Lipinski definition) is 0. The van der Waals surface area contributed by atoms with Crippen LogP contribution < -0.4 is 0 Å². The highest BCUT2D eigenvalue weighted by molar-refractivity contribution is 6.50. The molecule has 0 radical (unpaired) electrons. The second kappa shape index (κ2) is 9.87. The smallest absolute Gasteiger partial charge is 0.311 e. The predicted molar refractivity (Wildman–Crippen MR) is 150 cm³/mol. The van der Waals surface area contributed by atoms with Crippen LogP contribution in [-0.4, -0.2) is 48.5 Å². The van der Waals surface area contributed by atoms with Gasteiger partial charge in [-0.2, -0.15) is 0 Å². The fraction of sp³-hybridized carbons (Fsp3) is 0.133. The van der Waals surface area contributed by atoms with Crippen molar-refractivity contribution in [1.29, 1.82) is 0 Å². The monoisotopic (exact) mass is 549 g/mol. The Morgan fingerprint density at radius 2 is 1.49 bits per heavy atom. The van der Waals surface area contributed by atoms with E-state index in [0.717, 1.165) is 15.8 Å². The summed E-state index contributed by atoms with van der Waals surface area (Å²) in [5, 5.41) is 12.7.